The van der Waals surface area contributed by atoms with Crippen molar-refractivity contribution < 1.29 is 0 Å². The molecule has 2 N–H and O–H groups in total. The molecule has 0 saturated carbocycles. The van der Waals surface area contributed by atoms with Gasteiger partial charge in [-0.3, -0.25) is 4.99 Å². The minimum Gasteiger partial charge on any atom is -0.404 e. The van der Waals surface area contributed by atoms with Gasteiger partial charge in [0.1, 0.15) is 0 Å². The summed E-state index contributed by atoms with van der Waals surface area (Å²) in [4.78, 5) is 4.04. The Kier molecular flexibility index (Phi) is 5.14. The van der Waals surface area contributed by atoms with E-state index in [1.807, 2.05) is 0 Å². The molecule has 2 heteroatoms. The highest BCUT2D eigenvalue weighted by molar-refractivity contribution is 6.09. The summed E-state index contributed by atoms with van der Waals surface area (Å²) in [5.41, 5.74) is 10.6. The van der Waals surface area contributed by atoms with Gasteiger partial charge in [-0.2, -0.15) is 0 Å². The zero-order chi connectivity index (χ0) is 13.7. The normalized spacial score (nSPS) is 12.9. The molecule has 0 fully saturated rings. The Hall–Kier alpha value is -1.57. The lowest BCUT2D eigenvalue weighted by Crippen LogP contribution is -2.01. The van der Waals surface area contributed by atoms with Gasteiger partial charge in [0.2, 0.25) is 0 Å². The molecule has 1 aromatic rings. The molecule has 0 amide bonds. The van der Waals surface area contributed by atoms with E-state index in [-0.39, 0.29) is 0 Å². The first-order valence-electron chi connectivity index (χ1n) is 6.49. The molecule has 98 valence electrons. The third kappa shape index (κ3) is 3.22. The van der Waals surface area contributed by atoms with Crippen LogP contribution in [0.2, 0.25) is 0 Å². The van der Waals surface area contributed by atoms with E-state index in [9.17, 15) is 0 Å². The number of hydrogen-bond donors (Lipinski definition) is 1. The van der Waals surface area contributed by atoms with Crippen LogP contribution in [-0.4, -0.2) is 13.3 Å². The SMILES string of the molecule is CN=C/C(=C\N)c1ccc(C(C)C)c(C(C)C)c1. The summed E-state index contributed by atoms with van der Waals surface area (Å²) in [7, 11) is 1.76. The molecule has 0 aliphatic rings. The molecule has 0 unspecified atom stereocenters. The Morgan fingerprint density at radius 1 is 1.11 bits per heavy atom. The van der Waals surface area contributed by atoms with Crippen LogP contribution in [0.1, 0.15) is 56.2 Å². The third-order valence-electron chi connectivity index (χ3n) is 3.11. The van der Waals surface area contributed by atoms with Crippen LogP contribution in [0.5, 0.6) is 0 Å². The molecule has 0 radical (unpaired) electrons. The summed E-state index contributed by atoms with van der Waals surface area (Å²) in [5.74, 6) is 1.06. The number of nitrogens with zero attached hydrogens (tertiary/aromatic N) is 1. The second-order valence-electron chi connectivity index (χ2n) is 5.16. The zero-order valence-corrected chi connectivity index (χ0v) is 12.1. The monoisotopic (exact) mass is 244 g/mol. The number of aliphatic imine (C=N–C) groups is 1. The second-order valence-corrected chi connectivity index (χ2v) is 5.16. The van der Waals surface area contributed by atoms with Crippen molar-refractivity contribution in [3.63, 3.8) is 0 Å². The number of hydrogen-bond acceptors (Lipinski definition) is 2. The van der Waals surface area contributed by atoms with Crippen molar-refractivity contribution in [3.8, 4) is 0 Å². The molecular formula is C16H24N2. The summed E-state index contributed by atoms with van der Waals surface area (Å²) < 4.78 is 0. The molecule has 0 bridgehead atoms. The van der Waals surface area contributed by atoms with Gasteiger partial charge in [0.25, 0.3) is 0 Å². The summed E-state index contributed by atoms with van der Waals surface area (Å²) >= 11 is 0. The number of rotatable bonds is 4. The summed E-state index contributed by atoms with van der Waals surface area (Å²) in [5, 5.41) is 0. The van der Waals surface area contributed by atoms with E-state index in [0.717, 1.165) is 11.1 Å². The molecule has 1 rings (SSSR count). The molecule has 0 aromatic heterocycles. The molecule has 1 aromatic carbocycles. The van der Waals surface area contributed by atoms with Gasteiger partial charge in [0.15, 0.2) is 0 Å². The van der Waals surface area contributed by atoms with E-state index in [1.54, 1.807) is 19.5 Å². The van der Waals surface area contributed by atoms with Crippen molar-refractivity contribution in [2.24, 2.45) is 10.7 Å². The van der Waals surface area contributed by atoms with Crippen LogP contribution >= 0.6 is 0 Å². The molecule has 2 nitrogen and oxygen atoms in total. The predicted molar refractivity (Wildman–Crippen MR) is 81.2 cm³/mol. The van der Waals surface area contributed by atoms with Crippen molar-refractivity contribution in [2.75, 3.05) is 7.05 Å². The summed E-state index contributed by atoms with van der Waals surface area (Å²) in [6, 6.07) is 6.57. The fourth-order valence-electron chi connectivity index (χ4n) is 2.13. The van der Waals surface area contributed by atoms with E-state index >= 15 is 0 Å². The highest BCUT2D eigenvalue weighted by Gasteiger charge is 2.11. The van der Waals surface area contributed by atoms with Crippen LogP contribution in [0.15, 0.2) is 29.4 Å². The van der Waals surface area contributed by atoms with Crippen LogP contribution in [-0.2, 0) is 0 Å². The van der Waals surface area contributed by atoms with Crippen molar-refractivity contribution >= 4 is 11.8 Å². The smallest absolute Gasteiger partial charge is 0.0301 e. The lowest BCUT2D eigenvalue weighted by Gasteiger charge is -2.17. The average molecular weight is 244 g/mol. The molecule has 18 heavy (non-hydrogen) atoms. The fraction of sp³-hybridized carbons (Fsp3) is 0.438. The Labute approximate surface area is 111 Å². The van der Waals surface area contributed by atoms with Crippen molar-refractivity contribution in [2.45, 2.75) is 39.5 Å². The van der Waals surface area contributed by atoms with E-state index in [2.05, 4.69) is 50.9 Å². The zero-order valence-electron chi connectivity index (χ0n) is 12.1. The van der Waals surface area contributed by atoms with Gasteiger partial charge in [-0.1, -0.05) is 45.9 Å². The molecule has 0 atom stereocenters. The quantitative estimate of drug-likeness (QED) is 0.801. The van der Waals surface area contributed by atoms with Gasteiger partial charge in [-0.05, 0) is 28.5 Å². The standard InChI is InChI=1S/C16H24N2/c1-11(2)15-7-6-13(8-16(15)12(3)4)14(9-17)10-18-5/h6-12H,17H2,1-5H3/b14-9+,18-10?. The Morgan fingerprint density at radius 3 is 2.17 bits per heavy atom. The molecular weight excluding hydrogens is 220 g/mol. The van der Waals surface area contributed by atoms with Crippen LogP contribution in [0.3, 0.4) is 0 Å². The van der Waals surface area contributed by atoms with Crippen molar-refractivity contribution in [1.29, 1.82) is 0 Å². The Balaban J connectivity index is 3.31. The van der Waals surface area contributed by atoms with Crippen LogP contribution in [0.25, 0.3) is 5.57 Å². The minimum atomic E-state index is 0.514. The first-order valence-corrected chi connectivity index (χ1v) is 6.49. The van der Waals surface area contributed by atoms with E-state index in [0.29, 0.717) is 11.8 Å². The topological polar surface area (TPSA) is 38.4 Å². The molecule has 0 spiro atoms. The largest absolute Gasteiger partial charge is 0.404 e. The van der Waals surface area contributed by atoms with Crippen LogP contribution in [0, 0.1) is 0 Å². The maximum atomic E-state index is 5.66. The van der Waals surface area contributed by atoms with Crippen molar-refractivity contribution in [1.82, 2.24) is 0 Å². The van der Waals surface area contributed by atoms with E-state index in [4.69, 9.17) is 5.73 Å². The second kappa shape index (κ2) is 6.39. The first-order chi connectivity index (χ1) is 8.51. The van der Waals surface area contributed by atoms with Crippen molar-refractivity contribution in [3.05, 3.63) is 41.1 Å². The fourth-order valence-corrected chi connectivity index (χ4v) is 2.13. The first kappa shape index (κ1) is 14.5. The Morgan fingerprint density at radius 2 is 1.72 bits per heavy atom. The predicted octanol–water partition coefficient (Wildman–Crippen LogP) is 3.93. The van der Waals surface area contributed by atoms with E-state index < -0.39 is 0 Å². The van der Waals surface area contributed by atoms with Crippen LogP contribution < -0.4 is 5.73 Å². The molecule has 0 aliphatic heterocycles. The van der Waals surface area contributed by atoms with Gasteiger partial charge in [0.05, 0.1) is 0 Å². The molecule has 0 aliphatic carbocycles. The third-order valence-corrected chi connectivity index (χ3v) is 3.11. The van der Waals surface area contributed by atoms with Gasteiger partial charge >= 0.3 is 0 Å². The van der Waals surface area contributed by atoms with Gasteiger partial charge < -0.3 is 5.73 Å². The number of nitrogens with two attached hydrogens (primary N) is 1. The lowest BCUT2D eigenvalue weighted by molar-refractivity contribution is 0.790. The molecule has 0 heterocycles. The van der Waals surface area contributed by atoms with Crippen LogP contribution in [0.4, 0.5) is 0 Å². The van der Waals surface area contributed by atoms with E-state index in [1.165, 1.54) is 11.1 Å². The highest BCUT2D eigenvalue weighted by atomic mass is 14.6. The lowest BCUT2D eigenvalue weighted by atomic mass is 9.88. The van der Waals surface area contributed by atoms with Gasteiger partial charge in [-0.15, -0.1) is 0 Å². The maximum Gasteiger partial charge on any atom is 0.0301 e. The summed E-state index contributed by atoms with van der Waals surface area (Å²) in [6.07, 6.45) is 3.41. The maximum absolute atomic E-state index is 5.66. The average Bonchev–Trinajstić information content (AvgIpc) is 2.35. The Bertz CT molecular complexity index is 454. The number of allylic oxidation sites excluding steroid dienone is 1. The van der Waals surface area contributed by atoms with Gasteiger partial charge in [0, 0.05) is 25.0 Å². The number of benzene rings is 1. The summed E-state index contributed by atoms with van der Waals surface area (Å²) in [6.45, 7) is 8.91. The minimum absolute atomic E-state index is 0.514. The molecule has 0 saturated heterocycles. The van der Waals surface area contributed by atoms with Gasteiger partial charge in [-0.25, -0.2) is 0 Å². The highest BCUT2D eigenvalue weighted by Crippen LogP contribution is 2.28.